The van der Waals surface area contributed by atoms with Crippen LogP contribution < -0.4 is 0 Å². The number of thioether (sulfide) groups is 1. The molecule has 1 aromatic carbocycles. The normalized spacial score (nSPS) is 15.8. The zero-order valence-corrected chi connectivity index (χ0v) is 15.4. The fraction of sp³-hybridized carbons (Fsp3) is 0.550. The van der Waals surface area contributed by atoms with Crippen molar-refractivity contribution in [2.75, 3.05) is 12.9 Å². The number of aromatic nitrogens is 2. The minimum Gasteiger partial charge on any atom is -0.396 e. The van der Waals surface area contributed by atoms with Gasteiger partial charge in [0.1, 0.15) is 0 Å². The SMILES string of the molecule is CSc1ccc(-c2n[nH]c(CCCO)c2CC2CCCCC2)cc1. The van der Waals surface area contributed by atoms with E-state index in [1.807, 2.05) is 0 Å². The molecular weight excluding hydrogens is 316 g/mol. The van der Waals surface area contributed by atoms with Crippen molar-refractivity contribution < 1.29 is 5.11 Å². The Hall–Kier alpha value is -1.26. The number of nitrogens with one attached hydrogen (secondary N) is 1. The highest BCUT2D eigenvalue weighted by atomic mass is 32.2. The van der Waals surface area contributed by atoms with Crippen molar-refractivity contribution in [3.05, 3.63) is 35.5 Å². The van der Waals surface area contributed by atoms with Crippen LogP contribution in [0.3, 0.4) is 0 Å². The van der Waals surface area contributed by atoms with Crippen LogP contribution in [-0.4, -0.2) is 28.2 Å². The maximum atomic E-state index is 9.18. The molecular formula is C20H28N2OS. The van der Waals surface area contributed by atoms with Crippen molar-refractivity contribution in [3.8, 4) is 11.3 Å². The van der Waals surface area contributed by atoms with Crippen LogP contribution in [0.5, 0.6) is 0 Å². The van der Waals surface area contributed by atoms with Crippen molar-refractivity contribution in [2.45, 2.75) is 56.3 Å². The van der Waals surface area contributed by atoms with Crippen LogP contribution in [-0.2, 0) is 12.8 Å². The van der Waals surface area contributed by atoms with E-state index < -0.39 is 0 Å². The first kappa shape index (κ1) is 17.6. The molecule has 1 heterocycles. The number of aromatic amines is 1. The molecule has 2 N–H and O–H groups in total. The number of benzene rings is 1. The van der Waals surface area contributed by atoms with E-state index in [4.69, 9.17) is 0 Å². The Morgan fingerprint density at radius 2 is 1.92 bits per heavy atom. The standard InChI is InChI=1S/C20H28N2OS/c1-24-17-11-9-16(10-12-17)20-18(14-15-6-3-2-4-7-15)19(21-22-20)8-5-13-23/h9-12,15,23H,2-8,13-14H2,1H3,(H,21,22). The number of H-pyrrole nitrogens is 1. The number of aliphatic hydroxyl groups is 1. The fourth-order valence-electron chi connectivity index (χ4n) is 3.75. The monoisotopic (exact) mass is 344 g/mol. The van der Waals surface area contributed by atoms with Crippen LogP contribution in [0.25, 0.3) is 11.3 Å². The van der Waals surface area contributed by atoms with Gasteiger partial charge in [0.15, 0.2) is 0 Å². The van der Waals surface area contributed by atoms with Crippen molar-refractivity contribution in [1.29, 1.82) is 0 Å². The second-order valence-corrected chi connectivity index (χ2v) is 7.67. The third-order valence-corrected chi connectivity index (χ3v) is 5.86. The van der Waals surface area contributed by atoms with Gasteiger partial charge in [-0.1, -0.05) is 44.2 Å². The van der Waals surface area contributed by atoms with E-state index in [1.54, 1.807) is 11.8 Å². The van der Waals surface area contributed by atoms with Gasteiger partial charge in [-0.25, -0.2) is 0 Å². The number of rotatable bonds is 7. The number of hydrogen-bond donors (Lipinski definition) is 2. The number of nitrogens with zero attached hydrogens (tertiary/aromatic N) is 1. The van der Waals surface area contributed by atoms with Gasteiger partial charge in [-0.2, -0.15) is 5.10 Å². The quantitative estimate of drug-likeness (QED) is 0.706. The summed E-state index contributed by atoms with van der Waals surface area (Å²) in [4.78, 5) is 1.28. The van der Waals surface area contributed by atoms with E-state index in [1.165, 1.54) is 53.8 Å². The van der Waals surface area contributed by atoms with E-state index in [0.29, 0.717) is 0 Å². The molecule has 0 aliphatic heterocycles. The molecule has 1 aliphatic rings. The molecule has 1 fully saturated rings. The molecule has 4 heteroatoms. The van der Waals surface area contributed by atoms with Gasteiger partial charge in [-0.15, -0.1) is 11.8 Å². The number of aryl methyl sites for hydroxylation is 1. The summed E-state index contributed by atoms with van der Waals surface area (Å²) >= 11 is 1.77. The van der Waals surface area contributed by atoms with Gasteiger partial charge in [0, 0.05) is 28.3 Å². The Morgan fingerprint density at radius 1 is 1.17 bits per heavy atom. The summed E-state index contributed by atoms with van der Waals surface area (Å²) in [6, 6.07) is 8.71. The Bertz CT molecular complexity index is 630. The summed E-state index contributed by atoms with van der Waals surface area (Å²) in [5, 5.41) is 17.1. The van der Waals surface area contributed by atoms with Crippen LogP contribution in [0.1, 0.15) is 49.8 Å². The third-order valence-electron chi connectivity index (χ3n) is 5.12. The predicted molar refractivity (Wildman–Crippen MR) is 101 cm³/mol. The highest BCUT2D eigenvalue weighted by Gasteiger charge is 2.20. The summed E-state index contributed by atoms with van der Waals surface area (Å²) in [6.45, 7) is 0.236. The molecule has 0 radical (unpaired) electrons. The molecule has 24 heavy (non-hydrogen) atoms. The molecule has 0 spiro atoms. The molecule has 0 atom stereocenters. The highest BCUT2D eigenvalue weighted by Crippen LogP contribution is 2.33. The van der Waals surface area contributed by atoms with Crippen molar-refractivity contribution >= 4 is 11.8 Å². The van der Waals surface area contributed by atoms with Gasteiger partial charge in [-0.05, 0) is 43.6 Å². The van der Waals surface area contributed by atoms with Crippen LogP contribution in [0.2, 0.25) is 0 Å². The topological polar surface area (TPSA) is 48.9 Å². The van der Waals surface area contributed by atoms with E-state index >= 15 is 0 Å². The Kier molecular flexibility index (Phi) is 6.38. The minimum absolute atomic E-state index is 0.236. The van der Waals surface area contributed by atoms with Gasteiger partial charge < -0.3 is 5.11 Å². The lowest BCUT2D eigenvalue weighted by Gasteiger charge is -2.22. The second-order valence-electron chi connectivity index (χ2n) is 6.79. The molecule has 1 aliphatic carbocycles. The molecule has 1 aromatic heterocycles. The van der Waals surface area contributed by atoms with Crippen LogP contribution in [0, 0.1) is 5.92 Å². The van der Waals surface area contributed by atoms with Gasteiger partial charge in [0.05, 0.1) is 5.69 Å². The predicted octanol–water partition coefficient (Wildman–Crippen LogP) is 4.85. The zero-order valence-electron chi connectivity index (χ0n) is 14.6. The van der Waals surface area contributed by atoms with Gasteiger partial charge >= 0.3 is 0 Å². The minimum atomic E-state index is 0.236. The van der Waals surface area contributed by atoms with Crippen molar-refractivity contribution in [1.82, 2.24) is 10.2 Å². The average molecular weight is 345 g/mol. The van der Waals surface area contributed by atoms with Crippen LogP contribution in [0.4, 0.5) is 0 Å². The summed E-state index contributed by atoms with van der Waals surface area (Å²) in [6.07, 6.45) is 11.7. The van der Waals surface area contributed by atoms with Gasteiger partial charge in [0.2, 0.25) is 0 Å². The molecule has 2 aromatic rings. The van der Waals surface area contributed by atoms with Crippen molar-refractivity contribution in [2.24, 2.45) is 5.92 Å². The lowest BCUT2D eigenvalue weighted by molar-refractivity contribution is 0.288. The van der Waals surface area contributed by atoms with E-state index in [-0.39, 0.29) is 6.61 Å². The Labute approximate surface area is 149 Å². The number of aliphatic hydroxyl groups excluding tert-OH is 1. The van der Waals surface area contributed by atoms with E-state index in [9.17, 15) is 5.11 Å². The first-order chi connectivity index (χ1) is 11.8. The molecule has 130 valence electrons. The van der Waals surface area contributed by atoms with Crippen LogP contribution in [0.15, 0.2) is 29.2 Å². The van der Waals surface area contributed by atoms with Gasteiger partial charge in [-0.3, -0.25) is 5.10 Å². The largest absolute Gasteiger partial charge is 0.396 e. The molecule has 0 bridgehead atoms. The first-order valence-electron chi connectivity index (χ1n) is 9.13. The molecule has 0 saturated heterocycles. The summed E-state index contributed by atoms with van der Waals surface area (Å²) in [5.41, 5.74) is 4.91. The zero-order chi connectivity index (χ0) is 16.8. The fourth-order valence-corrected chi connectivity index (χ4v) is 4.16. The highest BCUT2D eigenvalue weighted by molar-refractivity contribution is 7.98. The summed E-state index contributed by atoms with van der Waals surface area (Å²) in [7, 11) is 0. The lowest BCUT2D eigenvalue weighted by atomic mass is 9.83. The maximum Gasteiger partial charge on any atom is 0.0955 e. The van der Waals surface area contributed by atoms with E-state index in [0.717, 1.165) is 30.9 Å². The Balaban J connectivity index is 1.87. The maximum absolute atomic E-state index is 9.18. The summed E-state index contributed by atoms with van der Waals surface area (Å²) in [5.74, 6) is 0.786. The molecule has 1 saturated carbocycles. The first-order valence-corrected chi connectivity index (χ1v) is 10.4. The molecule has 0 amide bonds. The molecule has 3 rings (SSSR count). The van der Waals surface area contributed by atoms with Crippen LogP contribution >= 0.6 is 11.8 Å². The Morgan fingerprint density at radius 3 is 2.58 bits per heavy atom. The summed E-state index contributed by atoms with van der Waals surface area (Å²) < 4.78 is 0. The van der Waals surface area contributed by atoms with Gasteiger partial charge in [0.25, 0.3) is 0 Å². The van der Waals surface area contributed by atoms with Crippen molar-refractivity contribution in [3.63, 3.8) is 0 Å². The lowest BCUT2D eigenvalue weighted by Crippen LogP contribution is -2.11. The average Bonchev–Trinajstić information content (AvgIpc) is 3.03. The van der Waals surface area contributed by atoms with E-state index in [2.05, 4.69) is 40.7 Å². The molecule has 3 nitrogen and oxygen atoms in total. The smallest absolute Gasteiger partial charge is 0.0955 e. The molecule has 0 unspecified atom stereocenters. The second kappa shape index (κ2) is 8.72. The number of hydrogen-bond acceptors (Lipinski definition) is 3. The third kappa shape index (κ3) is 4.22.